The Morgan fingerprint density at radius 1 is 1.54 bits per heavy atom. The van der Waals surface area contributed by atoms with Crippen LogP contribution in [0.3, 0.4) is 0 Å². The molecule has 0 radical (unpaired) electrons. The van der Waals surface area contributed by atoms with Crippen LogP contribution < -0.4 is 11.1 Å². The van der Waals surface area contributed by atoms with Crippen LogP contribution in [0.15, 0.2) is 0 Å². The molecule has 1 rings (SSSR count). The van der Waals surface area contributed by atoms with Gasteiger partial charge >= 0.3 is 0 Å². The SMILES string of the molecule is CC1CC(NC(=O)CC(C)(C)N)C1. The molecular formula is C10H20N2O. The molecule has 0 saturated heterocycles. The minimum Gasteiger partial charge on any atom is -0.353 e. The van der Waals surface area contributed by atoms with Crippen LogP contribution in [0.1, 0.15) is 40.0 Å². The van der Waals surface area contributed by atoms with Gasteiger partial charge in [0, 0.05) is 18.0 Å². The summed E-state index contributed by atoms with van der Waals surface area (Å²) in [6.07, 6.45) is 2.66. The Labute approximate surface area is 80.1 Å². The lowest BCUT2D eigenvalue weighted by Gasteiger charge is -2.34. The van der Waals surface area contributed by atoms with E-state index in [0.29, 0.717) is 12.5 Å². The molecule has 1 aliphatic rings. The van der Waals surface area contributed by atoms with Gasteiger partial charge in [0.1, 0.15) is 0 Å². The number of nitrogens with two attached hydrogens (primary N) is 1. The summed E-state index contributed by atoms with van der Waals surface area (Å²) < 4.78 is 0. The molecule has 3 heteroatoms. The largest absolute Gasteiger partial charge is 0.353 e. The Hall–Kier alpha value is -0.570. The van der Waals surface area contributed by atoms with E-state index in [1.807, 2.05) is 13.8 Å². The first-order valence-corrected chi connectivity index (χ1v) is 4.95. The van der Waals surface area contributed by atoms with Crippen molar-refractivity contribution in [3.05, 3.63) is 0 Å². The van der Waals surface area contributed by atoms with Gasteiger partial charge in [-0.3, -0.25) is 4.79 Å². The summed E-state index contributed by atoms with van der Waals surface area (Å²) >= 11 is 0. The van der Waals surface area contributed by atoms with Gasteiger partial charge in [-0.05, 0) is 32.6 Å². The van der Waals surface area contributed by atoms with Gasteiger partial charge in [-0.25, -0.2) is 0 Å². The molecule has 0 unspecified atom stereocenters. The van der Waals surface area contributed by atoms with E-state index in [1.165, 1.54) is 0 Å². The summed E-state index contributed by atoms with van der Waals surface area (Å²) in [5.74, 6) is 0.862. The fourth-order valence-electron chi connectivity index (χ4n) is 1.71. The maximum Gasteiger partial charge on any atom is 0.222 e. The number of hydrogen-bond acceptors (Lipinski definition) is 2. The summed E-state index contributed by atoms with van der Waals surface area (Å²) in [4.78, 5) is 11.4. The number of carbonyl (C=O) groups excluding carboxylic acids is 1. The van der Waals surface area contributed by atoms with Gasteiger partial charge < -0.3 is 11.1 Å². The summed E-state index contributed by atoms with van der Waals surface area (Å²) in [5.41, 5.74) is 5.35. The molecule has 0 heterocycles. The summed E-state index contributed by atoms with van der Waals surface area (Å²) in [6.45, 7) is 5.95. The molecule has 0 bridgehead atoms. The van der Waals surface area contributed by atoms with E-state index in [9.17, 15) is 4.79 Å². The van der Waals surface area contributed by atoms with Crippen LogP contribution in [0.5, 0.6) is 0 Å². The van der Waals surface area contributed by atoms with E-state index in [4.69, 9.17) is 5.73 Å². The summed E-state index contributed by atoms with van der Waals surface area (Å²) in [7, 11) is 0. The van der Waals surface area contributed by atoms with E-state index in [1.54, 1.807) is 0 Å². The summed E-state index contributed by atoms with van der Waals surface area (Å²) in [5, 5.41) is 2.98. The van der Waals surface area contributed by atoms with Crippen molar-refractivity contribution in [3.8, 4) is 0 Å². The van der Waals surface area contributed by atoms with Gasteiger partial charge in [0.2, 0.25) is 5.91 Å². The van der Waals surface area contributed by atoms with Crippen LogP contribution >= 0.6 is 0 Å². The molecule has 1 amide bonds. The molecule has 0 aromatic heterocycles. The van der Waals surface area contributed by atoms with Crippen LogP contribution in [-0.4, -0.2) is 17.5 Å². The molecule has 0 aromatic carbocycles. The van der Waals surface area contributed by atoms with Gasteiger partial charge in [0.05, 0.1) is 0 Å². The third-order valence-corrected chi connectivity index (χ3v) is 2.36. The van der Waals surface area contributed by atoms with Gasteiger partial charge in [-0.2, -0.15) is 0 Å². The Morgan fingerprint density at radius 3 is 2.46 bits per heavy atom. The highest BCUT2D eigenvalue weighted by atomic mass is 16.1. The third kappa shape index (κ3) is 3.77. The second-order valence-corrected chi connectivity index (χ2v) is 5.01. The average molecular weight is 184 g/mol. The zero-order valence-corrected chi connectivity index (χ0v) is 8.76. The first-order valence-electron chi connectivity index (χ1n) is 4.95. The number of amides is 1. The maximum atomic E-state index is 11.4. The first-order chi connectivity index (χ1) is 5.87. The highest BCUT2D eigenvalue weighted by Crippen LogP contribution is 2.26. The van der Waals surface area contributed by atoms with Gasteiger partial charge in [-0.15, -0.1) is 0 Å². The topological polar surface area (TPSA) is 55.1 Å². The fourth-order valence-corrected chi connectivity index (χ4v) is 1.71. The number of nitrogens with one attached hydrogen (secondary N) is 1. The number of rotatable bonds is 3. The Bertz CT molecular complexity index is 190. The van der Waals surface area contributed by atoms with Crippen LogP contribution in [0.4, 0.5) is 0 Å². The van der Waals surface area contributed by atoms with Crippen molar-refractivity contribution in [2.45, 2.75) is 51.6 Å². The van der Waals surface area contributed by atoms with Crippen LogP contribution in [0.2, 0.25) is 0 Å². The van der Waals surface area contributed by atoms with Gasteiger partial charge in [-0.1, -0.05) is 6.92 Å². The van der Waals surface area contributed by atoms with Crippen molar-refractivity contribution in [2.24, 2.45) is 11.7 Å². The van der Waals surface area contributed by atoms with Gasteiger partial charge in [0.25, 0.3) is 0 Å². The first kappa shape index (κ1) is 10.5. The zero-order chi connectivity index (χ0) is 10.1. The molecular weight excluding hydrogens is 164 g/mol. The Morgan fingerprint density at radius 2 is 2.08 bits per heavy atom. The van der Waals surface area contributed by atoms with Crippen molar-refractivity contribution < 1.29 is 4.79 Å². The zero-order valence-electron chi connectivity index (χ0n) is 8.76. The van der Waals surface area contributed by atoms with Crippen molar-refractivity contribution in [3.63, 3.8) is 0 Å². The minimum atomic E-state index is -0.389. The fraction of sp³-hybridized carbons (Fsp3) is 0.900. The predicted molar refractivity (Wildman–Crippen MR) is 53.2 cm³/mol. The van der Waals surface area contributed by atoms with Crippen LogP contribution in [-0.2, 0) is 4.79 Å². The highest BCUT2D eigenvalue weighted by molar-refractivity contribution is 5.77. The molecule has 13 heavy (non-hydrogen) atoms. The van der Waals surface area contributed by atoms with Crippen molar-refractivity contribution in [1.29, 1.82) is 0 Å². The van der Waals surface area contributed by atoms with Crippen molar-refractivity contribution in [2.75, 3.05) is 0 Å². The second kappa shape index (κ2) is 3.66. The third-order valence-electron chi connectivity index (χ3n) is 2.36. The summed E-state index contributed by atoms with van der Waals surface area (Å²) in [6, 6.07) is 0.407. The molecule has 0 atom stereocenters. The lowest BCUT2D eigenvalue weighted by molar-refractivity contribution is -0.123. The molecule has 0 spiro atoms. The van der Waals surface area contributed by atoms with Crippen LogP contribution in [0, 0.1) is 5.92 Å². The number of carbonyl (C=O) groups is 1. The maximum absolute atomic E-state index is 11.4. The smallest absolute Gasteiger partial charge is 0.222 e. The molecule has 1 aliphatic carbocycles. The van der Waals surface area contributed by atoms with Crippen molar-refractivity contribution in [1.82, 2.24) is 5.32 Å². The lowest BCUT2D eigenvalue weighted by atomic mass is 9.81. The monoisotopic (exact) mass is 184 g/mol. The molecule has 3 N–H and O–H groups in total. The standard InChI is InChI=1S/C10H20N2O/c1-7-4-8(5-7)12-9(13)6-10(2,3)11/h7-8H,4-6,11H2,1-3H3,(H,12,13). The van der Waals surface area contributed by atoms with E-state index in [2.05, 4.69) is 12.2 Å². The van der Waals surface area contributed by atoms with E-state index >= 15 is 0 Å². The Balaban J connectivity index is 2.19. The molecule has 1 fully saturated rings. The normalized spacial score (nSPS) is 28.0. The quantitative estimate of drug-likeness (QED) is 0.688. The minimum absolute atomic E-state index is 0.0874. The van der Waals surface area contributed by atoms with E-state index < -0.39 is 0 Å². The lowest BCUT2D eigenvalue weighted by Crippen LogP contribution is -2.47. The van der Waals surface area contributed by atoms with E-state index in [0.717, 1.165) is 18.8 Å². The van der Waals surface area contributed by atoms with E-state index in [-0.39, 0.29) is 11.4 Å². The Kier molecular flexibility index (Phi) is 2.96. The average Bonchev–Trinajstić information content (AvgIpc) is 1.79. The number of hydrogen-bond donors (Lipinski definition) is 2. The van der Waals surface area contributed by atoms with Crippen molar-refractivity contribution >= 4 is 5.91 Å². The molecule has 0 aliphatic heterocycles. The highest BCUT2D eigenvalue weighted by Gasteiger charge is 2.27. The second-order valence-electron chi connectivity index (χ2n) is 5.01. The predicted octanol–water partition coefficient (Wildman–Crippen LogP) is 1.03. The molecule has 1 saturated carbocycles. The molecule has 76 valence electrons. The van der Waals surface area contributed by atoms with Gasteiger partial charge in [0.15, 0.2) is 0 Å². The molecule has 3 nitrogen and oxygen atoms in total. The van der Waals surface area contributed by atoms with Crippen LogP contribution in [0.25, 0.3) is 0 Å². The molecule has 0 aromatic rings.